The van der Waals surface area contributed by atoms with E-state index >= 15 is 0 Å². The van der Waals surface area contributed by atoms with Gasteiger partial charge in [-0.2, -0.15) is 0 Å². The summed E-state index contributed by atoms with van der Waals surface area (Å²) in [5.41, 5.74) is 3.37. The first-order chi connectivity index (χ1) is 44.6. The van der Waals surface area contributed by atoms with Gasteiger partial charge in [-0.05, 0) is 173 Å². The highest BCUT2D eigenvalue weighted by Gasteiger charge is 2.57. The number of esters is 4. The number of benzene rings is 3. The van der Waals surface area contributed by atoms with Gasteiger partial charge in [0.05, 0.1) is 18.7 Å². The molecule has 4 fully saturated rings. The number of aryl methyl sites for hydroxylation is 1. The Kier molecular flexibility index (Phi) is 22.3. The lowest BCUT2D eigenvalue weighted by Crippen LogP contribution is -2.61. The second-order valence-corrected chi connectivity index (χ2v) is 28.4. The minimum Gasteiger partial charge on any atom is -0.499 e. The summed E-state index contributed by atoms with van der Waals surface area (Å²) < 4.78 is 29.2. The average molecular weight is 1300 g/mol. The van der Waals surface area contributed by atoms with Gasteiger partial charge in [-0.3, -0.25) is 48.2 Å². The molecule has 2 saturated carbocycles. The topological polar surface area (TPSA) is 245 Å². The third kappa shape index (κ3) is 14.9. The lowest BCUT2D eigenvalue weighted by atomic mass is 9.55. The molecule has 2 saturated heterocycles. The summed E-state index contributed by atoms with van der Waals surface area (Å²) in [6, 6.07) is 16.0. The SMILES string of the molecule is COC1=CC(=O)N(C(=O)[C@@H](OC(=O)[C@@H]2CCCN2C(=O)[C@@H]2CCCN2C(=O)[C@H](C(C)C)N(C)C(=O)[C@@H](NC(=O)[C@H](C(C)C)N(C)C)C(C)C)C(C)C)[C@H]1Cc1ccc(OC(=O)CC(=O)O[C@H]2CC[C@H]3[C@@H]4CCc5cc(OC(=O)c6ccccc6)ccc5[C@H]4CC[C@]23C)cc1. The normalized spacial score (nSPS) is 24.4. The first kappa shape index (κ1) is 70.4. The van der Waals surface area contributed by atoms with E-state index in [0.29, 0.717) is 60.3 Å². The van der Waals surface area contributed by atoms with E-state index in [2.05, 4.69) is 18.3 Å². The summed E-state index contributed by atoms with van der Waals surface area (Å²) in [6.07, 6.45) is 5.65. The lowest BCUT2D eigenvalue weighted by Gasteiger charge is -2.50. The van der Waals surface area contributed by atoms with Gasteiger partial charge in [0, 0.05) is 38.0 Å². The quantitative estimate of drug-likeness (QED) is 0.0533. The molecule has 9 rings (SSSR count). The molecule has 21 heteroatoms. The molecular formula is C73H96N6O15. The zero-order valence-electron chi connectivity index (χ0n) is 56.9. The molecule has 508 valence electrons. The zero-order chi connectivity index (χ0) is 68.2. The van der Waals surface area contributed by atoms with Gasteiger partial charge >= 0.3 is 23.9 Å². The molecule has 0 radical (unpaired) electrons. The number of likely N-dealkylation sites (N-methyl/N-ethyl adjacent to an activating group) is 2. The number of imide groups is 1. The van der Waals surface area contributed by atoms with Gasteiger partial charge in [0.25, 0.3) is 11.8 Å². The Hall–Kier alpha value is -7.94. The van der Waals surface area contributed by atoms with Crippen molar-refractivity contribution in [2.45, 2.75) is 194 Å². The molecule has 6 aliphatic rings. The van der Waals surface area contributed by atoms with Gasteiger partial charge in [0.15, 0.2) is 6.10 Å². The van der Waals surface area contributed by atoms with Crippen LogP contribution in [-0.4, -0.2) is 174 Å². The molecule has 3 aliphatic carbocycles. The monoisotopic (exact) mass is 1300 g/mol. The number of carbonyl (C=O) groups is 10. The van der Waals surface area contributed by atoms with E-state index in [1.807, 2.05) is 59.7 Å². The number of nitrogens with zero attached hydrogens (tertiary/aromatic N) is 5. The molecule has 0 spiro atoms. The fourth-order valence-electron chi connectivity index (χ4n) is 16.0. The summed E-state index contributed by atoms with van der Waals surface area (Å²) in [5, 5.41) is 2.96. The Morgan fingerprint density at radius 2 is 1.35 bits per heavy atom. The number of hydrogen-bond donors (Lipinski definition) is 1. The van der Waals surface area contributed by atoms with Crippen LogP contribution < -0.4 is 14.8 Å². The van der Waals surface area contributed by atoms with Crippen LogP contribution in [0.5, 0.6) is 11.5 Å². The molecule has 3 heterocycles. The van der Waals surface area contributed by atoms with Crippen molar-refractivity contribution < 1.29 is 71.6 Å². The molecular weight excluding hydrogens is 1200 g/mol. The summed E-state index contributed by atoms with van der Waals surface area (Å²) in [7, 11) is 6.55. The molecule has 3 aliphatic heterocycles. The van der Waals surface area contributed by atoms with Gasteiger partial charge in [0.1, 0.15) is 60.0 Å². The minimum absolute atomic E-state index is 0.0372. The molecule has 0 bridgehead atoms. The number of nitrogens with one attached hydrogen (secondary N) is 1. The Morgan fingerprint density at radius 1 is 0.691 bits per heavy atom. The van der Waals surface area contributed by atoms with Crippen molar-refractivity contribution >= 4 is 59.3 Å². The van der Waals surface area contributed by atoms with Crippen molar-refractivity contribution in [2.24, 2.45) is 40.9 Å². The second-order valence-electron chi connectivity index (χ2n) is 28.4. The maximum atomic E-state index is 14.7. The van der Waals surface area contributed by atoms with E-state index < -0.39 is 108 Å². The van der Waals surface area contributed by atoms with E-state index in [-0.39, 0.29) is 72.6 Å². The van der Waals surface area contributed by atoms with Crippen molar-refractivity contribution in [3.63, 3.8) is 0 Å². The summed E-state index contributed by atoms with van der Waals surface area (Å²) in [4.78, 5) is 147. The summed E-state index contributed by atoms with van der Waals surface area (Å²) in [5.74, 6) is -5.07. The summed E-state index contributed by atoms with van der Waals surface area (Å²) >= 11 is 0. The molecule has 21 nitrogen and oxygen atoms in total. The van der Waals surface area contributed by atoms with E-state index in [4.69, 9.17) is 23.7 Å². The molecule has 3 aromatic carbocycles. The molecule has 94 heavy (non-hydrogen) atoms. The average Bonchev–Trinajstić information content (AvgIpc) is 0.981. The number of methoxy groups -OCH3 is 1. The number of carbonyl (C=O) groups excluding carboxylic acids is 10. The Balaban J connectivity index is 0.777. The third-order valence-corrected chi connectivity index (χ3v) is 20.7. The summed E-state index contributed by atoms with van der Waals surface area (Å²) in [6.45, 7) is 17.2. The molecule has 0 unspecified atom stereocenters. The smallest absolute Gasteiger partial charge is 0.343 e. The highest BCUT2D eigenvalue weighted by atomic mass is 16.6. The van der Waals surface area contributed by atoms with Gasteiger partial charge in [-0.15, -0.1) is 0 Å². The largest absolute Gasteiger partial charge is 0.499 e. The first-order valence-corrected chi connectivity index (χ1v) is 33.7. The predicted octanol–water partition coefficient (Wildman–Crippen LogP) is 8.24. The van der Waals surface area contributed by atoms with E-state index in [1.165, 1.54) is 39.0 Å². The molecule has 0 aromatic heterocycles. The minimum atomic E-state index is -1.45. The number of hydrogen-bond acceptors (Lipinski definition) is 16. The van der Waals surface area contributed by atoms with Crippen LogP contribution in [0.25, 0.3) is 0 Å². The highest BCUT2D eigenvalue weighted by Crippen LogP contribution is 2.62. The van der Waals surface area contributed by atoms with E-state index in [1.54, 1.807) is 88.4 Å². The van der Waals surface area contributed by atoms with Crippen LogP contribution in [0.2, 0.25) is 0 Å². The number of ether oxygens (including phenoxy) is 5. The number of rotatable bonds is 23. The predicted molar refractivity (Wildman–Crippen MR) is 348 cm³/mol. The zero-order valence-corrected chi connectivity index (χ0v) is 56.9. The van der Waals surface area contributed by atoms with Gasteiger partial charge in [-0.25, -0.2) is 9.59 Å². The van der Waals surface area contributed by atoms with Crippen LogP contribution in [0.15, 0.2) is 84.6 Å². The van der Waals surface area contributed by atoms with E-state index in [0.717, 1.165) is 37.0 Å². The number of amides is 6. The van der Waals surface area contributed by atoms with Crippen molar-refractivity contribution in [2.75, 3.05) is 41.3 Å². The van der Waals surface area contributed by atoms with Crippen LogP contribution in [-0.2, 0) is 70.2 Å². The van der Waals surface area contributed by atoms with Crippen LogP contribution in [0, 0.1) is 40.9 Å². The molecule has 12 atom stereocenters. The molecule has 1 N–H and O–H groups in total. The van der Waals surface area contributed by atoms with Crippen molar-refractivity contribution in [3.8, 4) is 11.5 Å². The number of likely N-dealkylation sites (tertiary alicyclic amines) is 2. The van der Waals surface area contributed by atoms with Crippen LogP contribution in [0.4, 0.5) is 0 Å². The molecule has 6 amide bonds. The number of fused-ring (bicyclic) bond motifs is 5. The maximum absolute atomic E-state index is 14.7. The van der Waals surface area contributed by atoms with Crippen LogP contribution in [0.1, 0.15) is 159 Å². The second kappa shape index (κ2) is 29.8. The lowest BCUT2D eigenvalue weighted by molar-refractivity contribution is -0.170. The first-order valence-electron chi connectivity index (χ1n) is 33.7. The van der Waals surface area contributed by atoms with Crippen molar-refractivity contribution in [1.82, 2.24) is 29.8 Å². The Labute approximate surface area is 552 Å². The van der Waals surface area contributed by atoms with Gasteiger partial charge < -0.3 is 43.7 Å². The van der Waals surface area contributed by atoms with E-state index in [9.17, 15) is 47.9 Å². The Bertz CT molecular complexity index is 3360. The Morgan fingerprint density at radius 3 is 1.99 bits per heavy atom. The highest BCUT2D eigenvalue weighted by molar-refractivity contribution is 6.06. The maximum Gasteiger partial charge on any atom is 0.343 e. The van der Waals surface area contributed by atoms with Crippen molar-refractivity contribution in [3.05, 3.63) is 107 Å². The van der Waals surface area contributed by atoms with Crippen LogP contribution in [0.3, 0.4) is 0 Å². The van der Waals surface area contributed by atoms with Crippen LogP contribution >= 0.6 is 0 Å². The molecule has 3 aromatic rings. The van der Waals surface area contributed by atoms with Gasteiger partial charge in [-0.1, -0.05) is 98.7 Å². The van der Waals surface area contributed by atoms with Crippen molar-refractivity contribution in [1.29, 1.82) is 0 Å². The fraction of sp³-hybridized carbons (Fsp3) is 0.589. The van der Waals surface area contributed by atoms with Gasteiger partial charge in [0.2, 0.25) is 23.6 Å². The fourth-order valence-corrected chi connectivity index (χ4v) is 16.0. The standard InChI is InChI=1S/C73H96N6O15/c1-41(2)62(74-66(83)63(42(3)4)75(10)11)68(85)76(12)64(43(5)6)69(86)77-35-17-21-54(77)67(84)78-36-18-22-55(78)72(89)94-65(44(7)8)70(87)79-56(57(90-13)39-59(79)80)37-45-23-26-48(27-24-45)91-60(81)40-61(82)93-58-32-31-53-52-29-25-47-38-49(92-71(88)46-19-15-14-16-20-46)28-30-50(47)51(52)33-34-73(53,58)9/h14-16,19-20,23-24,26-28,30,38-39,41-44,51-56,58,62-65H,17-18,21-22,25,29,31-37,40H2,1-13H3,(H,74,83)/t51-,52-,53+,54+,55+,56+,58+,62+,63+,64+,65+,73+/m1/s1. The third-order valence-electron chi connectivity index (χ3n) is 20.7.